The summed E-state index contributed by atoms with van der Waals surface area (Å²) in [7, 11) is 0. The van der Waals surface area contributed by atoms with Crippen LogP contribution in [0.15, 0.2) is 0 Å². The minimum Gasteiger partial charge on any atom is -0.390 e. The maximum absolute atomic E-state index is 10.2. The Morgan fingerprint density at radius 3 is 2.58 bits per heavy atom. The standard InChI is InChI=1S/C10H18O2/c1-7(2)10(11)5-4-9(3)8(6-10)12-9/h7-8,11H,4-6H2,1-3H3/t8-,9+,10+/m1/s1. The molecular formula is C10H18O2. The zero-order valence-corrected chi connectivity index (χ0v) is 8.13. The maximum Gasteiger partial charge on any atom is 0.0922 e. The van der Waals surface area contributed by atoms with E-state index in [0.29, 0.717) is 12.0 Å². The van der Waals surface area contributed by atoms with E-state index in [9.17, 15) is 5.11 Å². The highest BCUT2D eigenvalue weighted by atomic mass is 16.6. The van der Waals surface area contributed by atoms with E-state index < -0.39 is 5.60 Å². The van der Waals surface area contributed by atoms with Gasteiger partial charge in [0.25, 0.3) is 0 Å². The highest BCUT2D eigenvalue weighted by Gasteiger charge is 2.59. The van der Waals surface area contributed by atoms with Crippen LogP contribution in [0.25, 0.3) is 0 Å². The zero-order valence-electron chi connectivity index (χ0n) is 8.13. The summed E-state index contributed by atoms with van der Waals surface area (Å²) in [6.45, 7) is 6.33. The van der Waals surface area contributed by atoms with Crippen LogP contribution in [-0.4, -0.2) is 22.4 Å². The quantitative estimate of drug-likeness (QED) is 0.608. The van der Waals surface area contributed by atoms with Crippen LogP contribution in [0.2, 0.25) is 0 Å². The summed E-state index contributed by atoms with van der Waals surface area (Å²) >= 11 is 0. The Morgan fingerprint density at radius 1 is 1.42 bits per heavy atom. The van der Waals surface area contributed by atoms with Gasteiger partial charge in [0.2, 0.25) is 0 Å². The molecule has 12 heavy (non-hydrogen) atoms. The Morgan fingerprint density at radius 2 is 2.08 bits per heavy atom. The van der Waals surface area contributed by atoms with Crippen LogP contribution in [-0.2, 0) is 4.74 Å². The van der Waals surface area contributed by atoms with Gasteiger partial charge in [0.1, 0.15) is 0 Å². The molecule has 1 aliphatic carbocycles. The predicted octanol–water partition coefficient (Wildman–Crippen LogP) is 1.71. The fourth-order valence-electron chi connectivity index (χ4n) is 2.18. The molecule has 1 saturated heterocycles. The number of ether oxygens (including phenoxy) is 1. The van der Waals surface area contributed by atoms with Crippen LogP contribution < -0.4 is 0 Å². The summed E-state index contributed by atoms with van der Waals surface area (Å²) in [5.74, 6) is 0.353. The lowest BCUT2D eigenvalue weighted by atomic mass is 9.74. The Balaban J connectivity index is 2.05. The van der Waals surface area contributed by atoms with Gasteiger partial charge in [0.05, 0.1) is 17.3 Å². The van der Waals surface area contributed by atoms with E-state index >= 15 is 0 Å². The first-order valence-corrected chi connectivity index (χ1v) is 4.86. The summed E-state index contributed by atoms with van der Waals surface area (Å²) in [5.41, 5.74) is -0.332. The minimum atomic E-state index is -0.458. The molecule has 0 bridgehead atoms. The maximum atomic E-state index is 10.2. The lowest BCUT2D eigenvalue weighted by Gasteiger charge is -2.35. The molecule has 1 aliphatic heterocycles. The van der Waals surface area contributed by atoms with Gasteiger partial charge >= 0.3 is 0 Å². The van der Waals surface area contributed by atoms with Gasteiger partial charge in [0.15, 0.2) is 0 Å². The van der Waals surface area contributed by atoms with Crippen LogP contribution in [0.1, 0.15) is 40.0 Å². The molecule has 1 saturated carbocycles. The first-order chi connectivity index (χ1) is 5.46. The summed E-state index contributed by atoms with van der Waals surface area (Å²) in [6.07, 6.45) is 3.09. The van der Waals surface area contributed by atoms with E-state index in [1.807, 2.05) is 0 Å². The number of hydrogen-bond donors (Lipinski definition) is 1. The van der Waals surface area contributed by atoms with Crippen LogP contribution >= 0.6 is 0 Å². The average molecular weight is 170 g/mol. The molecule has 0 radical (unpaired) electrons. The largest absolute Gasteiger partial charge is 0.390 e. The monoisotopic (exact) mass is 170 g/mol. The number of hydrogen-bond acceptors (Lipinski definition) is 2. The molecule has 1 heterocycles. The molecule has 0 spiro atoms. The van der Waals surface area contributed by atoms with Crippen molar-refractivity contribution in [1.29, 1.82) is 0 Å². The molecule has 2 heteroatoms. The molecule has 3 atom stereocenters. The number of epoxide rings is 1. The van der Waals surface area contributed by atoms with Gasteiger partial charge in [-0.05, 0) is 25.7 Å². The van der Waals surface area contributed by atoms with Crippen molar-refractivity contribution >= 4 is 0 Å². The van der Waals surface area contributed by atoms with Crippen molar-refractivity contribution in [2.24, 2.45) is 5.92 Å². The molecule has 0 aromatic rings. The van der Waals surface area contributed by atoms with Crippen LogP contribution in [0.5, 0.6) is 0 Å². The number of aliphatic hydroxyl groups is 1. The van der Waals surface area contributed by atoms with Crippen LogP contribution in [0, 0.1) is 5.92 Å². The van der Waals surface area contributed by atoms with E-state index in [1.54, 1.807) is 0 Å². The normalized spacial score (nSPS) is 52.2. The van der Waals surface area contributed by atoms with Gasteiger partial charge in [-0.1, -0.05) is 13.8 Å². The third-order valence-corrected chi connectivity index (χ3v) is 3.70. The molecule has 0 unspecified atom stereocenters. The summed E-state index contributed by atoms with van der Waals surface area (Å²) in [5, 5.41) is 10.2. The number of fused-ring (bicyclic) bond motifs is 1. The second-order valence-corrected chi connectivity index (χ2v) is 4.88. The Kier molecular flexibility index (Phi) is 1.59. The molecule has 2 rings (SSSR count). The van der Waals surface area contributed by atoms with Crippen molar-refractivity contribution < 1.29 is 9.84 Å². The highest BCUT2D eigenvalue weighted by Crippen LogP contribution is 2.52. The molecule has 70 valence electrons. The van der Waals surface area contributed by atoms with E-state index in [-0.39, 0.29) is 5.60 Å². The van der Waals surface area contributed by atoms with Crippen molar-refractivity contribution in [3.63, 3.8) is 0 Å². The first kappa shape index (κ1) is 8.52. The smallest absolute Gasteiger partial charge is 0.0922 e. The van der Waals surface area contributed by atoms with Gasteiger partial charge in [-0.3, -0.25) is 0 Å². The fraction of sp³-hybridized carbons (Fsp3) is 1.00. The van der Waals surface area contributed by atoms with E-state index in [1.165, 1.54) is 0 Å². The van der Waals surface area contributed by atoms with Crippen molar-refractivity contribution in [3.05, 3.63) is 0 Å². The third kappa shape index (κ3) is 1.09. The Bertz CT molecular complexity index is 202. The van der Waals surface area contributed by atoms with Gasteiger partial charge in [-0.2, -0.15) is 0 Å². The summed E-state index contributed by atoms with van der Waals surface area (Å²) in [4.78, 5) is 0. The lowest BCUT2D eigenvalue weighted by Crippen LogP contribution is -2.41. The van der Waals surface area contributed by atoms with Crippen molar-refractivity contribution in [3.8, 4) is 0 Å². The summed E-state index contributed by atoms with van der Waals surface area (Å²) in [6, 6.07) is 0. The van der Waals surface area contributed by atoms with E-state index in [2.05, 4.69) is 20.8 Å². The molecule has 0 aromatic heterocycles. The SMILES string of the molecule is CC(C)[C@]1(O)CC[C@]2(C)O[C@@H]2C1. The van der Waals surface area contributed by atoms with Crippen LogP contribution in [0.3, 0.4) is 0 Å². The van der Waals surface area contributed by atoms with Gasteiger partial charge in [-0.15, -0.1) is 0 Å². The first-order valence-electron chi connectivity index (χ1n) is 4.86. The van der Waals surface area contributed by atoms with E-state index in [0.717, 1.165) is 19.3 Å². The summed E-state index contributed by atoms with van der Waals surface area (Å²) < 4.78 is 5.55. The molecule has 0 aromatic carbocycles. The molecule has 2 aliphatic rings. The van der Waals surface area contributed by atoms with Gasteiger partial charge in [0, 0.05) is 6.42 Å². The average Bonchev–Trinajstić information content (AvgIpc) is 2.60. The lowest BCUT2D eigenvalue weighted by molar-refractivity contribution is -0.0349. The van der Waals surface area contributed by atoms with Crippen molar-refractivity contribution in [2.75, 3.05) is 0 Å². The Hall–Kier alpha value is -0.0800. The fourth-order valence-corrected chi connectivity index (χ4v) is 2.18. The minimum absolute atomic E-state index is 0.126. The van der Waals surface area contributed by atoms with Crippen molar-refractivity contribution in [2.45, 2.75) is 57.3 Å². The molecular weight excluding hydrogens is 152 g/mol. The van der Waals surface area contributed by atoms with Gasteiger partial charge in [-0.25, -0.2) is 0 Å². The van der Waals surface area contributed by atoms with E-state index in [4.69, 9.17) is 4.74 Å². The topological polar surface area (TPSA) is 32.8 Å². The number of rotatable bonds is 1. The highest BCUT2D eigenvalue weighted by molar-refractivity contribution is 5.08. The third-order valence-electron chi connectivity index (χ3n) is 3.70. The molecule has 2 nitrogen and oxygen atoms in total. The van der Waals surface area contributed by atoms with Gasteiger partial charge < -0.3 is 9.84 Å². The molecule has 1 N–H and O–H groups in total. The predicted molar refractivity (Wildman–Crippen MR) is 46.9 cm³/mol. The zero-order chi connectivity index (χ0) is 8.98. The second-order valence-electron chi connectivity index (χ2n) is 4.88. The molecule has 0 amide bonds. The molecule has 2 fully saturated rings. The Labute approximate surface area is 73.9 Å². The second kappa shape index (κ2) is 2.24. The van der Waals surface area contributed by atoms with Crippen LogP contribution in [0.4, 0.5) is 0 Å². The van der Waals surface area contributed by atoms with Crippen molar-refractivity contribution in [1.82, 2.24) is 0 Å².